The molecule has 0 unspecified atom stereocenters. The van der Waals surface area contributed by atoms with Crippen molar-refractivity contribution in [1.29, 1.82) is 0 Å². The minimum atomic E-state index is -0.717. The highest BCUT2D eigenvalue weighted by molar-refractivity contribution is 6.30. The Kier molecular flexibility index (Phi) is 5.09. The molecular formula is C20H16ClN5O3. The first-order chi connectivity index (χ1) is 14.1. The van der Waals surface area contributed by atoms with Crippen molar-refractivity contribution in [2.24, 2.45) is 0 Å². The van der Waals surface area contributed by atoms with Gasteiger partial charge in [0.2, 0.25) is 5.82 Å². The van der Waals surface area contributed by atoms with Crippen LogP contribution in [0, 0.1) is 0 Å². The maximum absolute atomic E-state index is 13.1. The zero-order valence-electron chi connectivity index (χ0n) is 15.4. The Balaban J connectivity index is 1.91. The fourth-order valence-corrected chi connectivity index (χ4v) is 3.03. The highest BCUT2D eigenvalue weighted by Gasteiger charge is 2.23. The SMILES string of the molecule is CCOC(=O)c1nn(-c2ccc(Cl)cc2)c2nnc(Cc3ccccc3)c(=O)n12. The molecule has 2 heterocycles. The highest BCUT2D eigenvalue weighted by atomic mass is 35.5. The van der Waals surface area contributed by atoms with Crippen LogP contribution < -0.4 is 5.56 Å². The van der Waals surface area contributed by atoms with Gasteiger partial charge in [0.15, 0.2) is 0 Å². The normalized spacial score (nSPS) is 11.0. The van der Waals surface area contributed by atoms with Crippen molar-refractivity contribution in [2.75, 3.05) is 6.61 Å². The van der Waals surface area contributed by atoms with Crippen LogP contribution in [0.1, 0.15) is 28.8 Å². The molecule has 0 fully saturated rings. The largest absolute Gasteiger partial charge is 0.460 e. The van der Waals surface area contributed by atoms with Crippen molar-refractivity contribution < 1.29 is 9.53 Å². The van der Waals surface area contributed by atoms with Crippen LogP contribution in [0.4, 0.5) is 0 Å². The number of hydrogen-bond acceptors (Lipinski definition) is 6. The average Bonchev–Trinajstić information content (AvgIpc) is 3.12. The fourth-order valence-electron chi connectivity index (χ4n) is 2.91. The van der Waals surface area contributed by atoms with Crippen molar-refractivity contribution in [2.45, 2.75) is 13.3 Å². The van der Waals surface area contributed by atoms with Crippen LogP contribution in [0.15, 0.2) is 59.4 Å². The van der Waals surface area contributed by atoms with Gasteiger partial charge in [0.1, 0.15) is 5.69 Å². The highest BCUT2D eigenvalue weighted by Crippen LogP contribution is 2.16. The number of halogens is 1. The Bertz CT molecular complexity index is 1230. The van der Waals surface area contributed by atoms with Crippen molar-refractivity contribution in [3.63, 3.8) is 0 Å². The summed E-state index contributed by atoms with van der Waals surface area (Å²) in [6, 6.07) is 16.2. The van der Waals surface area contributed by atoms with Crippen LogP contribution in [-0.2, 0) is 11.2 Å². The Hall–Kier alpha value is -3.52. The summed E-state index contributed by atoms with van der Waals surface area (Å²) in [6.07, 6.45) is 0.282. The fraction of sp³-hybridized carbons (Fsp3) is 0.150. The molecule has 0 aliphatic carbocycles. The Labute approximate surface area is 170 Å². The number of nitrogens with zero attached hydrogens (tertiary/aromatic N) is 5. The zero-order valence-corrected chi connectivity index (χ0v) is 16.2. The molecule has 0 saturated carbocycles. The van der Waals surface area contributed by atoms with E-state index < -0.39 is 11.5 Å². The molecule has 2 aromatic heterocycles. The van der Waals surface area contributed by atoms with Gasteiger partial charge in [0.05, 0.1) is 12.3 Å². The first kappa shape index (κ1) is 18.8. The summed E-state index contributed by atoms with van der Waals surface area (Å²) in [6.45, 7) is 1.83. The molecule has 0 radical (unpaired) electrons. The van der Waals surface area contributed by atoms with Gasteiger partial charge < -0.3 is 4.74 Å². The molecule has 0 aliphatic heterocycles. The molecule has 8 nitrogen and oxygen atoms in total. The van der Waals surface area contributed by atoms with E-state index in [1.54, 1.807) is 31.2 Å². The van der Waals surface area contributed by atoms with E-state index >= 15 is 0 Å². The Morgan fingerprint density at radius 3 is 2.48 bits per heavy atom. The van der Waals surface area contributed by atoms with Gasteiger partial charge in [0.25, 0.3) is 11.3 Å². The van der Waals surface area contributed by atoms with Gasteiger partial charge in [-0.1, -0.05) is 41.9 Å². The Morgan fingerprint density at radius 1 is 1.07 bits per heavy atom. The number of fused-ring (bicyclic) bond motifs is 1. The van der Waals surface area contributed by atoms with Crippen LogP contribution in [0.5, 0.6) is 0 Å². The van der Waals surface area contributed by atoms with Gasteiger partial charge in [-0.2, -0.15) is 4.68 Å². The van der Waals surface area contributed by atoms with Gasteiger partial charge >= 0.3 is 5.97 Å². The number of carbonyl (C=O) groups is 1. The first-order valence-electron chi connectivity index (χ1n) is 8.93. The summed E-state index contributed by atoms with van der Waals surface area (Å²) < 4.78 is 7.57. The van der Waals surface area contributed by atoms with Crippen molar-refractivity contribution in [3.05, 3.63) is 87.1 Å². The number of ether oxygens (including phenoxy) is 1. The van der Waals surface area contributed by atoms with E-state index in [9.17, 15) is 9.59 Å². The summed E-state index contributed by atoms with van der Waals surface area (Å²) >= 11 is 5.95. The molecule has 0 atom stereocenters. The molecule has 0 bridgehead atoms. The minimum Gasteiger partial charge on any atom is -0.460 e. The molecule has 4 rings (SSSR count). The lowest BCUT2D eigenvalue weighted by molar-refractivity contribution is 0.0509. The van der Waals surface area contributed by atoms with E-state index in [1.807, 2.05) is 30.3 Å². The molecule has 4 aromatic rings. The van der Waals surface area contributed by atoms with E-state index in [1.165, 1.54) is 4.68 Å². The quantitative estimate of drug-likeness (QED) is 0.471. The van der Waals surface area contributed by atoms with Crippen LogP contribution in [-0.4, -0.2) is 37.0 Å². The summed E-state index contributed by atoms with van der Waals surface area (Å²) in [7, 11) is 0. The summed E-state index contributed by atoms with van der Waals surface area (Å²) in [5.41, 5.74) is 1.21. The molecule has 0 amide bonds. The Morgan fingerprint density at radius 2 is 1.79 bits per heavy atom. The second-order valence-corrected chi connectivity index (χ2v) is 6.62. The van der Waals surface area contributed by atoms with Gasteiger partial charge in [-0.05, 0) is 36.8 Å². The second-order valence-electron chi connectivity index (χ2n) is 6.18. The van der Waals surface area contributed by atoms with Crippen molar-refractivity contribution in [1.82, 2.24) is 24.4 Å². The van der Waals surface area contributed by atoms with E-state index in [0.29, 0.717) is 10.7 Å². The second kappa shape index (κ2) is 7.84. The lowest BCUT2D eigenvalue weighted by atomic mass is 10.1. The van der Waals surface area contributed by atoms with E-state index in [-0.39, 0.29) is 30.3 Å². The predicted octanol–water partition coefficient (Wildman–Crippen LogP) is 2.70. The van der Waals surface area contributed by atoms with Crippen molar-refractivity contribution >= 4 is 23.3 Å². The minimum absolute atomic E-state index is 0.109. The topological polar surface area (TPSA) is 91.4 Å². The third kappa shape index (κ3) is 3.62. The lowest BCUT2D eigenvalue weighted by Crippen LogP contribution is -2.25. The number of carbonyl (C=O) groups excluding carboxylic acids is 1. The molecule has 0 saturated heterocycles. The number of benzene rings is 2. The molecule has 2 aromatic carbocycles. The number of aromatic nitrogens is 5. The molecule has 9 heteroatoms. The maximum atomic E-state index is 13.1. The van der Waals surface area contributed by atoms with Gasteiger partial charge in [-0.3, -0.25) is 4.79 Å². The molecule has 146 valence electrons. The smallest absolute Gasteiger partial charge is 0.376 e. The third-order valence-electron chi connectivity index (χ3n) is 4.25. The number of rotatable bonds is 5. The maximum Gasteiger partial charge on any atom is 0.376 e. The molecule has 29 heavy (non-hydrogen) atoms. The van der Waals surface area contributed by atoms with E-state index in [2.05, 4.69) is 15.3 Å². The van der Waals surface area contributed by atoms with Crippen LogP contribution in [0.3, 0.4) is 0 Å². The first-order valence-corrected chi connectivity index (χ1v) is 9.30. The van der Waals surface area contributed by atoms with E-state index in [0.717, 1.165) is 9.96 Å². The van der Waals surface area contributed by atoms with Crippen LogP contribution in [0.2, 0.25) is 5.02 Å². The lowest BCUT2D eigenvalue weighted by Gasteiger charge is -2.03. The number of esters is 1. The van der Waals surface area contributed by atoms with Crippen LogP contribution in [0.25, 0.3) is 11.5 Å². The summed E-state index contributed by atoms with van der Waals surface area (Å²) in [5, 5.41) is 13.1. The molecule has 0 aliphatic rings. The molecular weight excluding hydrogens is 394 g/mol. The van der Waals surface area contributed by atoms with Gasteiger partial charge in [-0.15, -0.1) is 15.3 Å². The zero-order chi connectivity index (χ0) is 20.4. The summed E-state index contributed by atoms with van der Waals surface area (Å²) in [5.74, 6) is -0.769. The molecule has 0 N–H and O–H groups in total. The third-order valence-corrected chi connectivity index (χ3v) is 4.50. The predicted molar refractivity (Wildman–Crippen MR) is 107 cm³/mol. The average molecular weight is 410 g/mol. The standard InChI is InChI=1S/C20H16ClN5O3/c1-2-29-19(28)17-24-26(15-10-8-14(21)9-11-15)20-23-22-16(18(27)25(17)20)12-13-6-4-3-5-7-13/h3-11H,2,12H2,1H3. The number of hydrogen-bond donors (Lipinski definition) is 0. The van der Waals surface area contributed by atoms with Gasteiger partial charge in [-0.25, -0.2) is 9.20 Å². The van der Waals surface area contributed by atoms with Gasteiger partial charge in [0, 0.05) is 11.4 Å². The van der Waals surface area contributed by atoms with Crippen LogP contribution >= 0.6 is 11.6 Å². The summed E-state index contributed by atoms with van der Waals surface area (Å²) in [4.78, 5) is 25.6. The van der Waals surface area contributed by atoms with Crippen molar-refractivity contribution in [3.8, 4) is 5.69 Å². The van der Waals surface area contributed by atoms with E-state index in [4.69, 9.17) is 16.3 Å². The molecule has 0 spiro atoms. The monoisotopic (exact) mass is 409 g/mol.